The molecule has 178 valence electrons. The standard InChI is InChI=1S/C24H27N5O4S/c1-2-33-24(32)20-16-7-5-9-18(16)34-22(20)25-19(30)14-28-10-12-29(13-11-28)23(31)21-15-6-3-4-8-17(15)26-27-21/h3-4,6,8H,2,5,7,9-14H2,1H3,(H,25,30)(H,26,27). The number of esters is 1. The number of nitrogens with one attached hydrogen (secondary N) is 2. The number of fused-ring (bicyclic) bond motifs is 2. The van der Waals surface area contributed by atoms with Crippen molar-refractivity contribution in [3.05, 3.63) is 46.0 Å². The van der Waals surface area contributed by atoms with Crippen LogP contribution in [-0.2, 0) is 22.4 Å². The van der Waals surface area contributed by atoms with Crippen molar-refractivity contribution in [2.75, 3.05) is 44.6 Å². The first-order valence-corrected chi connectivity index (χ1v) is 12.4. The zero-order valence-corrected chi connectivity index (χ0v) is 19.9. The molecule has 0 radical (unpaired) electrons. The molecule has 1 fully saturated rings. The molecule has 2 amide bonds. The van der Waals surface area contributed by atoms with Crippen molar-refractivity contribution in [3.8, 4) is 0 Å². The molecule has 2 N–H and O–H groups in total. The zero-order valence-electron chi connectivity index (χ0n) is 19.1. The Hall–Kier alpha value is -3.24. The van der Waals surface area contributed by atoms with Gasteiger partial charge in [-0.05, 0) is 37.8 Å². The van der Waals surface area contributed by atoms with E-state index in [1.54, 1.807) is 11.8 Å². The topological polar surface area (TPSA) is 108 Å². The maximum atomic E-state index is 13.0. The van der Waals surface area contributed by atoms with E-state index in [2.05, 4.69) is 15.5 Å². The van der Waals surface area contributed by atoms with Crippen molar-refractivity contribution < 1.29 is 19.1 Å². The average Bonchev–Trinajstić information content (AvgIpc) is 3.53. The molecule has 0 bridgehead atoms. The summed E-state index contributed by atoms with van der Waals surface area (Å²) in [6, 6.07) is 7.57. The number of aromatic amines is 1. The second kappa shape index (κ2) is 9.55. The third kappa shape index (κ3) is 4.30. The highest BCUT2D eigenvalue weighted by atomic mass is 32.1. The number of benzene rings is 1. The third-order valence-corrected chi connectivity index (χ3v) is 7.56. The first-order chi connectivity index (χ1) is 16.5. The number of aryl methyl sites for hydroxylation is 1. The van der Waals surface area contributed by atoms with Crippen molar-refractivity contribution in [1.29, 1.82) is 0 Å². The molecule has 34 heavy (non-hydrogen) atoms. The molecule has 3 heterocycles. The summed E-state index contributed by atoms with van der Waals surface area (Å²) in [5, 5.41) is 11.5. The fourth-order valence-electron chi connectivity index (χ4n) is 4.67. The molecule has 9 nitrogen and oxygen atoms in total. The van der Waals surface area contributed by atoms with Gasteiger partial charge in [0, 0.05) is 36.4 Å². The van der Waals surface area contributed by atoms with E-state index >= 15 is 0 Å². The van der Waals surface area contributed by atoms with E-state index in [0.29, 0.717) is 49.0 Å². The summed E-state index contributed by atoms with van der Waals surface area (Å²) in [4.78, 5) is 43.2. The van der Waals surface area contributed by atoms with E-state index in [1.807, 2.05) is 29.2 Å². The van der Waals surface area contributed by atoms with E-state index in [4.69, 9.17) is 4.74 Å². The molecule has 1 aliphatic heterocycles. The second-order valence-electron chi connectivity index (χ2n) is 8.52. The predicted octanol–water partition coefficient (Wildman–Crippen LogP) is 2.69. The molecule has 0 saturated carbocycles. The van der Waals surface area contributed by atoms with Crippen molar-refractivity contribution in [2.45, 2.75) is 26.2 Å². The van der Waals surface area contributed by atoms with Crippen LogP contribution < -0.4 is 5.32 Å². The van der Waals surface area contributed by atoms with E-state index in [1.165, 1.54) is 11.3 Å². The average molecular weight is 482 g/mol. The Balaban J connectivity index is 1.18. The van der Waals surface area contributed by atoms with Crippen LogP contribution in [0.4, 0.5) is 5.00 Å². The number of H-pyrrole nitrogens is 1. The number of carbonyl (C=O) groups excluding carboxylic acids is 3. The molecule has 3 aromatic rings. The highest BCUT2D eigenvalue weighted by Crippen LogP contribution is 2.39. The number of para-hydroxylation sites is 1. The van der Waals surface area contributed by atoms with E-state index in [0.717, 1.165) is 40.6 Å². The summed E-state index contributed by atoms with van der Waals surface area (Å²) in [6.45, 7) is 4.51. The smallest absolute Gasteiger partial charge is 0.341 e. The van der Waals surface area contributed by atoms with Crippen molar-refractivity contribution >= 4 is 45.0 Å². The Morgan fingerprint density at radius 2 is 1.94 bits per heavy atom. The molecule has 2 aromatic heterocycles. The van der Waals surface area contributed by atoms with Crippen LogP contribution in [0.5, 0.6) is 0 Å². The van der Waals surface area contributed by atoms with Crippen LogP contribution in [0.15, 0.2) is 24.3 Å². The maximum Gasteiger partial charge on any atom is 0.341 e. The van der Waals surface area contributed by atoms with Gasteiger partial charge in [-0.2, -0.15) is 5.10 Å². The summed E-state index contributed by atoms with van der Waals surface area (Å²) in [5.41, 5.74) is 2.81. The van der Waals surface area contributed by atoms with Crippen LogP contribution in [0.2, 0.25) is 0 Å². The normalized spacial score (nSPS) is 16.0. The number of thiophene rings is 1. The van der Waals surface area contributed by atoms with Gasteiger partial charge < -0.3 is 15.0 Å². The van der Waals surface area contributed by atoms with E-state index in [9.17, 15) is 14.4 Å². The van der Waals surface area contributed by atoms with Gasteiger partial charge in [-0.1, -0.05) is 18.2 Å². The van der Waals surface area contributed by atoms with Crippen molar-refractivity contribution in [3.63, 3.8) is 0 Å². The van der Waals surface area contributed by atoms with Gasteiger partial charge in [-0.15, -0.1) is 11.3 Å². The van der Waals surface area contributed by atoms with Gasteiger partial charge in [0.25, 0.3) is 5.91 Å². The molecule has 10 heteroatoms. The lowest BCUT2D eigenvalue weighted by Crippen LogP contribution is -2.50. The number of nitrogens with zero attached hydrogens (tertiary/aromatic N) is 3. The summed E-state index contributed by atoms with van der Waals surface area (Å²) in [5.74, 6) is -0.632. The molecule has 1 aromatic carbocycles. The predicted molar refractivity (Wildman–Crippen MR) is 129 cm³/mol. The quantitative estimate of drug-likeness (QED) is 0.524. The Bertz CT molecular complexity index is 1240. The van der Waals surface area contributed by atoms with Gasteiger partial charge >= 0.3 is 5.97 Å². The van der Waals surface area contributed by atoms with Gasteiger partial charge in [-0.25, -0.2) is 4.79 Å². The number of piperazine rings is 1. The van der Waals surface area contributed by atoms with Gasteiger partial charge in [0.15, 0.2) is 5.69 Å². The van der Waals surface area contributed by atoms with Crippen molar-refractivity contribution in [2.24, 2.45) is 0 Å². The second-order valence-corrected chi connectivity index (χ2v) is 9.62. The Labute approximate surface area is 201 Å². The Kier molecular flexibility index (Phi) is 6.34. The van der Waals surface area contributed by atoms with Crippen LogP contribution in [0.25, 0.3) is 10.9 Å². The molecular weight excluding hydrogens is 454 g/mol. The van der Waals surface area contributed by atoms with Gasteiger partial charge in [-0.3, -0.25) is 19.6 Å². The van der Waals surface area contributed by atoms with E-state index < -0.39 is 0 Å². The Morgan fingerprint density at radius 1 is 1.15 bits per heavy atom. The maximum absolute atomic E-state index is 13.0. The lowest BCUT2D eigenvalue weighted by atomic mass is 10.1. The molecule has 0 unspecified atom stereocenters. The largest absolute Gasteiger partial charge is 0.462 e. The summed E-state index contributed by atoms with van der Waals surface area (Å²) < 4.78 is 5.24. The summed E-state index contributed by atoms with van der Waals surface area (Å²) in [6.07, 6.45) is 2.81. The number of rotatable bonds is 6. The fraction of sp³-hybridized carbons (Fsp3) is 0.417. The SMILES string of the molecule is CCOC(=O)c1c(NC(=O)CN2CCN(C(=O)c3n[nH]c4ccccc34)CC2)sc2c1CCC2. The molecular formula is C24H27N5O4S. The minimum atomic E-state index is -0.366. The molecule has 0 spiro atoms. The number of hydrogen-bond acceptors (Lipinski definition) is 7. The van der Waals surface area contributed by atoms with Crippen LogP contribution in [0.3, 0.4) is 0 Å². The number of carbonyl (C=O) groups is 3. The lowest BCUT2D eigenvalue weighted by Gasteiger charge is -2.34. The van der Waals surface area contributed by atoms with Crippen molar-refractivity contribution in [1.82, 2.24) is 20.0 Å². The monoisotopic (exact) mass is 481 g/mol. The molecule has 1 saturated heterocycles. The van der Waals surface area contributed by atoms with Crippen LogP contribution in [0.1, 0.15) is 44.6 Å². The first-order valence-electron chi connectivity index (χ1n) is 11.6. The molecule has 1 aliphatic carbocycles. The lowest BCUT2D eigenvalue weighted by molar-refractivity contribution is -0.117. The highest BCUT2D eigenvalue weighted by molar-refractivity contribution is 7.17. The fourth-order valence-corrected chi connectivity index (χ4v) is 5.96. The molecule has 0 atom stereocenters. The van der Waals surface area contributed by atoms with Gasteiger partial charge in [0.05, 0.1) is 24.2 Å². The first kappa shape index (κ1) is 22.5. The van der Waals surface area contributed by atoms with Crippen LogP contribution in [0, 0.1) is 0 Å². The van der Waals surface area contributed by atoms with Gasteiger partial charge in [0.2, 0.25) is 5.91 Å². The zero-order chi connectivity index (χ0) is 23.7. The minimum absolute atomic E-state index is 0.103. The summed E-state index contributed by atoms with van der Waals surface area (Å²) in [7, 11) is 0. The third-order valence-electron chi connectivity index (χ3n) is 6.35. The minimum Gasteiger partial charge on any atom is -0.462 e. The van der Waals surface area contributed by atoms with Crippen LogP contribution >= 0.6 is 11.3 Å². The number of ether oxygens (including phenoxy) is 1. The molecule has 2 aliphatic rings. The number of aromatic nitrogens is 2. The number of anilines is 1. The summed E-state index contributed by atoms with van der Waals surface area (Å²) >= 11 is 1.48. The number of amides is 2. The number of hydrogen-bond donors (Lipinski definition) is 2. The molecule has 5 rings (SSSR count). The Morgan fingerprint density at radius 3 is 2.74 bits per heavy atom. The van der Waals surface area contributed by atoms with E-state index in [-0.39, 0.29) is 24.3 Å². The highest BCUT2D eigenvalue weighted by Gasteiger charge is 2.29. The van der Waals surface area contributed by atoms with Crippen LogP contribution in [-0.4, -0.2) is 77.1 Å². The van der Waals surface area contributed by atoms with Gasteiger partial charge in [0.1, 0.15) is 5.00 Å².